The fourth-order valence-electron chi connectivity index (χ4n) is 3.78. The van der Waals surface area contributed by atoms with Gasteiger partial charge in [0.2, 0.25) is 0 Å². The van der Waals surface area contributed by atoms with Crippen molar-refractivity contribution in [2.75, 3.05) is 7.05 Å². The minimum absolute atomic E-state index is 0.0145. The monoisotopic (exact) mass is 419 g/mol. The summed E-state index contributed by atoms with van der Waals surface area (Å²) in [6.07, 6.45) is 4.06. The smallest absolute Gasteiger partial charge is 0.255 e. The maximum absolute atomic E-state index is 13.6. The average molecular weight is 420 g/mol. The number of hydrogen-bond acceptors (Lipinski definition) is 5. The van der Waals surface area contributed by atoms with Gasteiger partial charge in [-0.05, 0) is 51.8 Å². The minimum atomic E-state index is -0.123. The van der Waals surface area contributed by atoms with Crippen LogP contribution in [-0.4, -0.2) is 37.6 Å². The zero-order valence-corrected chi connectivity index (χ0v) is 18.5. The van der Waals surface area contributed by atoms with Gasteiger partial charge < -0.3 is 4.90 Å². The van der Waals surface area contributed by atoms with Crippen molar-refractivity contribution in [3.63, 3.8) is 0 Å². The predicted octanol–water partition coefficient (Wildman–Crippen LogP) is 5.33. The summed E-state index contributed by atoms with van der Waals surface area (Å²) < 4.78 is 3.05. The Morgan fingerprint density at radius 1 is 1.20 bits per heavy atom. The highest BCUT2D eigenvalue weighted by molar-refractivity contribution is 7.18. The summed E-state index contributed by atoms with van der Waals surface area (Å²) in [5.74, 6) is 0.447. The molecule has 1 amide bonds. The number of carbonyl (C=O) groups excluding carboxylic acids is 1. The van der Waals surface area contributed by atoms with Crippen molar-refractivity contribution in [1.82, 2.24) is 24.6 Å². The Morgan fingerprint density at radius 3 is 2.67 bits per heavy atom. The molecule has 0 spiro atoms. The number of carbonyl (C=O) groups is 1. The molecule has 6 nitrogen and oxygen atoms in total. The normalized spacial score (nSPS) is 15.2. The molecule has 1 fully saturated rings. The molecule has 0 saturated heterocycles. The molecule has 1 aromatic carbocycles. The lowest BCUT2D eigenvalue weighted by atomic mass is 10.1. The maximum Gasteiger partial charge on any atom is 0.255 e. The Labute approximate surface area is 179 Å². The van der Waals surface area contributed by atoms with Crippen molar-refractivity contribution in [3.05, 3.63) is 52.8 Å². The van der Waals surface area contributed by atoms with Crippen LogP contribution in [0, 0.1) is 0 Å². The lowest BCUT2D eigenvalue weighted by molar-refractivity contribution is 0.0744. The van der Waals surface area contributed by atoms with Gasteiger partial charge in [-0.25, -0.2) is 14.6 Å². The van der Waals surface area contributed by atoms with Crippen molar-refractivity contribution in [3.8, 4) is 0 Å². The van der Waals surface area contributed by atoms with E-state index in [1.807, 2.05) is 42.9 Å². The van der Waals surface area contributed by atoms with E-state index in [0.29, 0.717) is 11.5 Å². The first-order chi connectivity index (χ1) is 14.4. The molecule has 3 aromatic heterocycles. The van der Waals surface area contributed by atoms with Crippen LogP contribution < -0.4 is 0 Å². The van der Waals surface area contributed by atoms with Gasteiger partial charge in [0, 0.05) is 24.7 Å². The molecule has 1 aliphatic rings. The molecule has 7 heteroatoms. The minimum Gasteiger partial charge on any atom is -0.332 e. The van der Waals surface area contributed by atoms with Gasteiger partial charge in [0.05, 0.1) is 33.4 Å². The van der Waals surface area contributed by atoms with E-state index < -0.39 is 0 Å². The summed E-state index contributed by atoms with van der Waals surface area (Å²) in [5, 5.41) is 6.29. The molecule has 0 N–H and O–H groups in total. The van der Waals surface area contributed by atoms with Crippen LogP contribution >= 0.6 is 11.3 Å². The molecule has 0 radical (unpaired) electrons. The Balaban J connectivity index is 1.54. The third-order valence-electron chi connectivity index (χ3n) is 5.87. The number of rotatable bonds is 5. The molecular formula is C23H25N5OS. The standard InChI is InChI=1S/C23H25N5OS/c1-13(2)28-21-17(12-24-28)16(11-19(25-21)15-9-10-15)23(29)27(4)14(3)22-26-18-7-5-6-8-20(18)30-22/h5-8,11-15H,9-10H2,1-4H3/t14-/m1/s1. The summed E-state index contributed by atoms with van der Waals surface area (Å²) in [6, 6.07) is 10.1. The van der Waals surface area contributed by atoms with Crippen LogP contribution in [0.15, 0.2) is 36.5 Å². The van der Waals surface area contributed by atoms with Crippen molar-refractivity contribution in [2.45, 2.75) is 51.6 Å². The highest BCUT2D eigenvalue weighted by Crippen LogP contribution is 2.40. The summed E-state index contributed by atoms with van der Waals surface area (Å²) >= 11 is 1.64. The second kappa shape index (κ2) is 7.16. The van der Waals surface area contributed by atoms with Gasteiger partial charge in [0.1, 0.15) is 5.01 Å². The third kappa shape index (κ3) is 3.17. The van der Waals surface area contributed by atoms with E-state index in [-0.39, 0.29) is 18.0 Å². The van der Waals surface area contributed by atoms with Crippen LogP contribution in [0.4, 0.5) is 0 Å². The number of pyridine rings is 1. The molecule has 0 aliphatic heterocycles. The highest BCUT2D eigenvalue weighted by Gasteiger charge is 2.30. The SMILES string of the molecule is CC(C)n1ncc2c(C(=O)N(C)[C@H](C)c3nc4ccccc4s3)cc(C3CC3)nc21. The second-order valence-electron chi connectivity index (χ2n) is 8.40. The fraction of sp³-hybridized carbons (Fsp3) is 0.391. The third-order valence-corrected chi connectivity index (χ3v) is 7.08. The molecule has 0 bridgehead atoms. The first kappa shape index (κ1) is 19.2. The van der Waals surface area contributed by atoms with Gasteiger partial charge in [-0.3, -0.25) is 4.79 Å². The fourth-order valence-corrected chi connectivity index (χ4v) is 4.84. The summed E-state index contributed by atoms with van der Waals surface area (Å²) in [6.45, 7) is 6.20. The van der Waals surface area contributed by atoms with Crippen molar-refractivity contribution in [2.24, 2.45) is 0 Å². The summed E-state index contributed by atoms with van der Waals surface area (Å²) in [4.78, 5) is 25.0. The number of amides is 1. The zero-order valence-electron chi connectivity index (χ0n) is 17.7. The van der Waals surface area contributed by atoms with E-state index in [1.54, 1.807) is 22.4 Å². The summed E-state index contributed by atoms with van der Waals surface area (Å²) in [5.41, 5.74) is 3.48. The van der Waals surface area contributed by atoms with E-state index in [4.69, 9.17) is 9.97 Å². The van der Waals surface area contributed by atoms with Crippen LogP contribution in [0.1, 0.15) is 72.7 Å². The predicted molar refractivity (Wildman–Crippen MR) is 120 cm³/mol. The van der Waals surface area contributed by atoms with Gasteiger partial charge in [0.25, 0.3) is 5.91 Å². The number of nitrogens with zero attached hydrogens (tertiary/aromatic N) is 5. The Morgan fingerprint density at radius 2 is 1.97 bits per heavy atom. The number of thiazole rings is 1. The molecule has 1 atom stereocenters. The van der Waals surface area contributed by atoms with Gasteiger partial charge in [-0.15, -0.1) is 11.3 Å². The van der Waals surface area contributed by atoms with Gasteiger partial charge in [-0.2, -0.15) is 5.10 Å². The maximum atomic E-state index is 13.6. The molecule has 0 unspecified atom stereocenters. The van der Waals surface area contributed by atoms with Crippen LogP contribution in [0.3, 0.4) is 0 Å². The molecule has 30 heavy (non-hydrogen) atoms. The highest BCUT2D eigenvalue weighted by atomic mass is 32.1. The number of fused-ring (bicyclic) bond motifs is 2. The van der Waals surface area contributed by atoms with Gasteiger partial charge in [-0.1, -0.05) is 12.1 Å². The zero-order chi connectivity index (χ0) is 21.0. The van der Waals surface area contributed by atoms with E-state index in [9.17, 15) is 4.79 Å². The van der Waals surface area contributed by atoms with E-state index >= 15 is 0 Å². The van der Waals surface area contributed by atoms with Crippen molar-refractivity contribution in [1.29, 1.82) is 0 Å². The quantitative estimate of drug-likeness (QED) is 0.438. The van der Waals surface area contributed by atoms with Crippen LogP contribution in [0.2, 0.25) is 0 Å². The largest absolute Gasteiger partial charge is 0.332 e. The molecule has 1 aliphatic carbocycles. The first-order valence-corrected chi connectivity index (χ1v) is 11.3. The Kier molecular flexibility index (Phi) is 4.58. The Bertz CT molecular complexity index is 1220. The van der Waals surface area contributed by atoms with Crippen molar-refractivity contribution >= 4 is 38.5 Å². The molecule has 154 valence electrons. The van der Waals surface area contributed by atoms with Crippen molar-refractivity contribution < 1.29 is 4.79 Å². The lowest BCUT2D eigenvalue weighted by Gasteiger charge is -2.24. The molecule has 1 saturated carbocycles. The first-order valence-electron chi connectivity index (χ1n) is 10.4. The van der Waals surface area contributed by atoms with Gasteiger partial charge >= 0.3 is 0 Å². The lowest BCUT2D eigenvalue weighted by Crippen LogP contribution is -2.30. The average Bonchev–Trinajstić information content (AvgIpc) is 3.35. The van der Waals surface area contributed by atoms with Crippen LogP contribution in [0.25, 0.3) is 21.3 Å². The molecular weight excluding hydrogens is 394 g/mol. The van der Waals surface area contributed by atoms with E-state index in [2.05, 4.69) is 25.0 Å². The van der Waals surface area contributed by atoms with Gasteiger partial charge in [0.15, 0.2) is 5.65 Å². The van der Waals surface area contributed by atoms with E-state index in [0.717, 1.165) is 44.8 Å². The molecule has 3 heterocycles. The number of aromatic nitrogens is 4. The summed E-state index contributed by atoms with van der Waals surface area (Å²) in [7, 11) is 1.86. The topological polar surface area (TPSA) is 63.9 Å². The van der Waals surface area contributed by atoms with E-state index in [1.165, 1.54) is 0 Å². The molecule has 5 rings (SSSR count). The number of benzene rings is 1. The van der Waals surface area contributed by atoms with Crippen LogP contribution in [-0.2, 0) is 0 Å². The van der Waals surface area contributed by atoms with Crippen LogP contribution in [0.5, 0.6) is 0 Å². The second-order valence-corrected chi connectivity index (χ2v) is 9.46. The number of hydrogen-bond donors (Lipinski definition) is 0. The molecule has 4 aromatic rings. The number of para-hydroxylation sites is 1. The Hall–Kier alpha value is -2.80.